The third-order valence-electron chi connectivity index (χ3n) is 4.93. The van der Waals surface area contributed by atoms with Crippen LogP contribution in [0.5, 0.6) is 0 Å². The van der Waals surface area contributed by atoms with Crippen molar-refractivity contribution >= 4 is 23.1 Å². The highest BCUT2D eigenvalue weighted by molar-refractivity contribution is 6.16. The quantitative estimate of drug-likeness (QED) is 0.786. The lowest BCUT2D eigenvalue weighted by molar-refractivity contribution is -0.118. The maximum absolute atomic E-state index is 13.5. The van der Waals surface area contributed by atoms with E-state index in [1.165, 1.54) is 29.2 Å². The van der Waals surface area contributed by atoms with E-state index in [4.69, 9.17) is 0 Å². The molecule has 0 fully saturated rings. The average Bonchev–Trinajstić information content (AvgIpc) is 2.93. The van der Waals surface area contributed by atoms with Crippen LogP contribution in [0.3, 0.4) is 0 Å². The molecule has 1 aliphatic heterocycles. The number of Topliss-reactive ketones (excluding diaryl/α,β-unsaturated/α-hetero) is 1. The molecule has 0 bridgehead atoms. The number of amides is 1. The minimum absolute atomic E-state index is 0.0620. The Labute approximate surface area is 170 Å². The standard InChI is InChI=1S/C23H25FN2O3/c1-14(2)13-19(27)20-21(15-5-7-16(24)8-6-15)26(23(29)22(20)28)18-11-9-17(10-12-18)25(3)4/h5-12,14,21,28H,13H2,1-4H3. The molecule has 0 spiro atoms. The van der Waals surface area contributed by atoms with Crippen LogP contribution in [-0.4, -0.2) is 30.9 Å². The second kappa shape index (κ2) is 8.07. The molecular formula is C23H25FN2O3. The van der Waals surface area contributed by atoms with Gasteiger partial charge in [-0.15, -0.1) is 0 Å². The summed E-state index contributed by atoms with van der Waals surface area (Å²) in [4.78, 5) is 29.2. The lowest BCUT2D eigenvalue weighted by Gasteiger charge is -2.27. The van der Waals surface area contributed by atoms with Gasteiger partial charge >= 0.3 is 0 Å². The Morgan fingerprint density at radius 2 is 1.69 bits per heavy atom. The van der Waals surface area contributed by atoms with Gasteiger partial charge in [0.2, 0.25) is 0 Å². The maximum atomic E-state index is 13.5. The number of ketones is 1. The van der Waals surface area contributed by atoms with E-state index < -0.39 is 23.5 Å². The van der Waals surface area contributed by atoms with E-state index in [2.05, 4.69) is 0 Å². The van der Waals surface area contributed by atoms with E-state index in [0.717, 1.165) is 5.69 Å². The monoisotopic (exact) mass is 396 g/mol. The molecule has 0 aromatic heterocycles. The third-order valence-corrected chi connectivity index (χ3v) is 4.93. The van der Waals surface area contributed by atoms with E-state index in [1.807, 2.05) is 45.0 Å². The van der Waals surface area contributed by atoms with Gasteiger partial charge in [-0.25, -0.2) is 4.39 Å². The van der Waals surface area contributed by atoms with Crippen molar-refractivity contribution in [1.29, 1.82) is 0 Å². The molecule has 152 valence electrons. The summed E-state index contributed by atoms with van der Waals surface area (Å²) in [6.45, 7) is 3.80. The molecule has 1 amide bonds. The molecule has 2 aromatic rings. The van der Waals surface area contributed by atoms with Crippen molar-refractivity contribution < 1.29 is 19.1 Å². The van der Waals surface area contributed by atoms with E-state index in [9.17, 15) is 19.1 Å². The van der Waals surface area contributed by atoms with Gasteiger partial charge in [0.1, 0.15) is 5.82 Å². The summed E-state index contributed by atoms with van der Waals surface area (Å²) in [5.41, 5.74) is 2.13. The third kappa shape index (κ3) is 4.01. The highest BCUT2D eigenvalue weighted by atomic mass is 19.1. The summed E-state index contributed by atoms with van der Waals surface area (Å²) < 4.78 is 13.5. The van der Waals surface area contributed by atoms with Crippen LogP contribution in [0.25, 0.3) is 0 Å². The van der Waals surface area contributed by atoms with Crippen molar-refractivity contribution in [2.45, 2.75) is 26.3 Å². The second-order valence-electron chi connectivity index (χ2n) is 7.82. The number of aliphatic hydroxyl groups is 1. The van der Waals surface area contributed by atoms with Crippen LogP contribution in [0.15, 0.2) is 59.9 Å². The highest BCUT2D eigenvalue weighted by Gasteiger charge is 2.44. The zero-order valence-corrected chi connectivity index (χ0v) is 17.0. The molecule has 1 atom stereocenters. The number of hydrogen-bond acceptors (Lipinski definition) is 4. The molecular weight excluding hydrogens is 371 g/mol. The van der Waals surface area contributed by atoms with Crippen molar-refractivity contribution in [3.63, 3.8) is 0 Å². The van der Waals surface area contributed by atoms with E-state index in [0.29, 0.717) is 11.3 Å². The normalized spacial score (nSPS) is 16.7. The summed E-state index contributed by atoms with van der Waals surface area (Å²) in [6.07, 6.45) is 0.206. The molecule has 1 N–H and O–H groups in total. The molecule has 5 nitrogen and oxygen atoms in total. The summed E-state index contributed by atoms with van der Waals surface area (Å²) in [5, 5.41) is 10.6. The van der Waals surface area contributed by atoms with Crippen LogP contribution in [0.4, 0.5) is 15.8 Å². The van der Waals surface area contributed by atoms with Crippen molar-refractivity contribution in [2.75, 3.05) is 23.9 Å². The first kappa shape index (κ1) is 20.6. The first-order valence-corrected chi connectivity index (χ1v) is 9.53. The van der Waals surface area contributed by atoms with Gasteiger partial charge in [0.05, 0.1) is 11.6 Å². The largest absolute Gasteiger partial charge is 0.503 e. The topological polar surface area (TPSA) is 60.9 Å². The van der Waals surface area contributed by atoms with Crippen molar-refractivity contribution in [3.05, 3.63) is 71.2 Å². The smallest absolute Gasteiger partial charge is 0.294 e. The Hall–Kier alpha value is -3.15. The van der Waals surface area contributed by atoms with Crippen molar-refractivity contribution in [1.82, 2.24) is 0 Å². The van der Waals surface area contributed by atoms with Gasteiger partial charge in [-0.3, -0.25) is 14.5 Å². The van der Waals surface area contributed by atoms with Gasteiger partial charge < -0.3 is 10.0 Å². The number of anilines is 2. The molecule has 1 heterocycles. The Morgan fingerprint density at radius 3 is 2.21 bits per heavy atom. The van der Waals surface area contributed by atoms with Crippen LogP contribution >= 0.6 is 0 Å². The lowest BCUT2D eigenvalue weighted by atomic mass is 9.92. The number of benzene rings is 2. The molecule has 2 aromatic carbocycles. The Bertz CT molecular complexity index is 947. The van der Waals surface area contributed by atoms with Gasteiger partial charge in [0.15, 0.2) is 11.5 Å². The first-order valence-electron chi connectivity index (χ1n) is 9.53. The number of carbonyl (C=O) groups excluding carboxylic acids is 2. The zero-order valence-electron chi connectivity index (χ0n) is 17.0. The number of rotatable bonds is 6. The molecule has 1 aliphatic rings. The van der Waals surface area contributed by atoms with Crippen molar-refractivity contribution in [2.24, 2.45) is 5.92 Å². The minimum atomic E-state index is -0.806. The molecule has 0 aliphatic carbocycles. The molecule has 0 saturated carbocycles. The molecule has 3 rings (SSSR count). The predicted octanol–water partition coefficient (Wildman–Crippen LogP) is 4.41. The fourth-order valence-electron chi connectivity index (χ4n) is 3.51. The first-order chi connectivity index (χ1) is 13.7. The lowest BCUT2D eigenvalue weighted by Crippen LogP contribution is -2.31. The Morgan fingerprint density at radius 1 is 1.10 bits per heavy atom. The summed E-state index contributed by atoms with van der Waals surface area (Å²) in [7, 11) is 3.82. The van der Waals surface area contributed by atoms with Crippen molar-refractivity contribution in [3.8, 4) is 0 Å². The maximum Gasteiger partial charge on any atom is 0.294 e. The number of hydrogen-bond donors (Lipinski definition) is 1. The number of aliphatic hydroxyl groups excluding tert-OH is 1. The molecule has 0 radical (unpaired) electrons. The summed E-state index contributed by atoms with van der Waals surface area (Å²) >= 11 is 0. The molecule has 1 unspecified atom stereocenters. The molecule has 6 heteroatoms. The molecule has 29 heavy (non-hydrogen) atoms. The fraction of sp³-hybridized carbons (Fsp3) is 0.304. The zero-order chi connectivity index (χ0) is 21.3. The van der Waals surface area contributed by atoms with Crippen LogP contribution in [0.2, 0.25) is 0 Å². The second-order valence-corrected chi connectivity index (χ2v) is 7.82. The molecule has 0 saturated heterocycles. The van der Waals surface area contributed by atoms with Crippen LogP contribution in [-0.2, 0) is 9.59 Å². The number of carbonyl (C=O) groups is 2. The van der Waals surface area contributed by atoms with E-state index in [-0.39, 0.29) is 23.7 Å². The van der Waals surface area contributed by atoms with Gasteiger partial charge in [-0.1, -0.05) is 26.0 Å². The van der Waals surface area contributed by atoms with Crippen LogP contribution < -0.4 is 9.80 Å². The fourth-order valence-corrected chi connectivity index (χ4v) is 3.51. The highest BCUT2D eigenvalue weighted by Crippen LogP contribution is 2.42. The summed E-state index contributed by atoms with van der Waals surface area (Å²) in [5.74, 6) is -1.80. The number of nitrogens with zero attached hydrogens (tertiary/aromatic N) is 2. The summed E-state index contributed by atoms with van der Waals surface area (Å²) in [6, 6.07) is 12.1. The predicted molar refractivity (Wildman–Crippen MR) is 112 cm³/mol. The van der Waals surface area contributed by atoms with Crippen LogP contribution in [0.1, 0.15) is 31.9 Å². The van der Waals surface area contributed by atoms with Gasteiger partial charge in [0.25, 0.3) is 5.91 Å². The SMILES string of the molecule is CC(C)CC(=O)C1=C(O)C(=O)N(c2ccc(N(C)C)cc2)C1c1ccc(F)cc1. The Kier molecular flexibility index (Phi) is 5.73. The Balaban J connectivity index is 2.10. The van der Waals surface area contributed by atoms with E-state index >= 15 is 0 Å². The van der Waals surface area contributed by atoms with Crippen LogP contribution in [0, 0.1) is 11.7 Å². The minimum Gasteiger partial charge on any atom is -0.503 e. The van der Waals surface area contributed by atoms with E-state index in [1.54, 1.807) is 12.1 Å². The van der Waals surface area contributed by atoms with Gasteiger partial charge in [0, 0.05) is 31.9 Å². The number of halogens is 1. The average molecular weight is 396 g/mol. The van der Waals surface area contributed by atoms with Gasteiger partial charge in [-0.2, -0.15) is 0 Å². The van der Waals surface area contributed by atoms with Gasteiger partial charge in [-0.05, 0) is 47.9 Å².